The number of hydrogen-bond donors (Lipinski definition) is 1. The van der Waals surface area contributed by atoms with Crippen molar-refractivity contribution in [3.63, 3.8) is 0 Å². The van der Waals surface area contributed by atoms with Crippen LogP contribution in [0.15, 0.2) is 72.8 Å². The largest absolute Gasteiger partial charge is 0.573 e. The SMILES string of the molecule is CC1(C)N(c2cccc(Cl)c2)C(=O)N(c2cccc(Cl)c2)C1(O)c1cccc(OC(F)(F)F)c1. The fraction of sp³-hybridized carbons (Fsp3) is 0.208. The van der Waals surface area contributed by atoms with Gasteiger partial charge in [-0.2, -0.15) is 0 Å². The lowest BCUT2D eigenvalue weighted by molar-refractivity contribution is -0.274. The van der Waals surface area contributed by atoms with Crippen LogP contribution in [0.4, 0.5) is 29.3 Å². The Balaban J connectivity index is 1.95. The molecular formula is C24H19Cl2F3N2O3. The molecule has 178 valence electrons. The summed E-state index contributed by atoms with van der Waals surface area (Å²) in [5.74, 6) is -0.533. The molecule has 0 spiro atoms. The third-order valence-corrected chi connectivity index (χ3v) is 6.19. The zero-order valence-electron chi connectivity index (χ0n) is 18.0. The Labute approximate surface area is 203 Å². The number of halogens is 5. The zero-order valence-corrected chi connectivity index (χ0v) is 19.5. The summed E-state index contributed by atoms with van der Waals surface area (Å²) in [5, 5.41) is 12.9. The molecule has 0 aromatic heterocycles. The van der Waals surface area contributed by atoms with Crippen molar-refractivity contribution in [3.8, 4) is 5.75 Å². The number of hydrogen-bond acceptors (Lipinski definition) is 3. The smallest absolute Gasteiger partial charge is 0.406 e. The Hall–Kier alpha value is -2.94. The number of carbonyl (C=O) groups is 1. The first kappa shape index (κ1) is 24.2. The number of ether oxygens (including phenoxy) is 1. The van der Waals surface area contributed by atoms with E-state index in [2.05, 4.69) is 4.74 Å². The fourth-order valence-corrected chi connectivity index (χ4v) is 4.63. The Morgan fingerprint density at radius 2 is 1.38 bits per heavy atom. The van der Waals surface area contributed by atoms with Gasteiger partial charge in [0.2, 0.25) is 0 Å². The van der Waals surface area contributed by atoms with Crippen molar-refractivity contribution in [1.82, 2.24) is 0 Å². The maximum atomic E-state index is 13.8. The van der Waals surface area contributed by atoms with E-state index < -0.39 is 29.4 Å². The summed E-state index contributed by atoms with van der Waals surface area (Å²) in [6, 6.07) is 17.0. The van der Waals surface area contributed by atoms with Gasteiger partial charge in [0.25, 0.3) is 0 Å². The van der Waals surface area contributed by atoms with Crippen molar-refractivity contribution in [2.24, 2.45) is 0 Å². The van der Waals surface area contributed by atoms with Gasteiger partial charge in [-0.15, -0.1) is 13.2 Å². The third-order valence-electron chi connectivity index (χ3n) is 5.72. The van der Waals surface area contributed by atoms with E-state index in [1.54, 1.807) is 56.3 Å². The van der Waals surface area contributed by atoms with Crippen LogP contribution >= 0.6 is 23.2 Å². The van der Waals surface area contributed by atoms with Crippen molar-refractivity contribution in [2.75, 3.05) is 9.80 Å². The second-order valence-corrected chi connectivity index (χ2v) is 9.09. The van der Waals surface area contributed by atoms with Crippen LogP contribution in [0.25, 0.3) is 0 Å². The maximum absolute atomic E-state index is 13.8. The third kappa shape index (κ3) is 4.06. The molecule has 1 unspecified atom stereocenters. The number of benzene rings is 3. The van der Waals surface area contributed by atoms with Crippen molar-refractivity contribution in [3.05, 3.63) is 88.4 Å². The van der Waals surface area contributed by atoms with Crippen molar-refractivity contribution in [2.45, 2.75) is 31.5 Å². The van der Waals surface area contributed by atoms with Crippen molar-refractivity contribution in [1.29, 1.82) is 0 Å². The van der Waals surface area contributed by atoms with Gasteiger partial charge in [0.1, 0.15) is 5.75 Å². The lowest BCUT2D eigenvalue weighted by atomic mass is 9.83. The maximum Gasteiger partial charge on any atom is 0.573 e. The van der Waals surface area contributed by atoms with E-state index in [0.717, 1.165) is 17.0 Å². The first-order valence-electron chi connectivity index (χ1n) is 10.1. The second kappa shape index (κ2) is 8.37. The standard InChI is InChI=1S/C24H19Cl2F3N2O3/c1-22(2)23(33,15-6-3-11-20(12-15)34-24(27,28)29)31(19-10-5-8-17(26)14-19)21(32)30(22)18-9-4-7-16(25)13-18/h3-14,33H,1-2H3. The summed E-state index contributed by atoms with van der Waals surface area (Å²) in [6.45, 7) is 3.21. The van der Waals surface area contributed by atoms with Crippen LogP contribution in [0.5, 0.6) is 5.75 Å². The van der Waals surface area contributed by atoms with E-state index in [4.69, 9.17) is 23.2 Å². The Morgan fingerprint density at radius 1 is 0.853 bits per heavy atom. The number of alkyl halides is 3. The lowest BCUT2D eigenvalue weighted by Crippen LogP contribution is -2.56. The molecule has 4 rings (SSSR count). The molecule has 1 heterocycles. The number of amides is 2. The molecule has 1 aliphatic heterocycles. The highest BCUT2D eigenvalue weighted by Crippen LogP contribution is 2.51. The van der Waals surface area contributed by atoms with Gasteiger partial charge in [-0.1, -0.05) is 47.5 Å². The average molecular weight is 511 g/mol. The molecule has 3 aromatic carbocycles. The summed E-state index contributed by atoms with van der Waals surface area (Å²) in [7, 11) is 0. The normalized spacial score (nSPS) is 20.1. The van der Waals surface area contributed by atoms with Crippen LogP contribution in [-0.4, -0.2) is 23.0 Å². The first-order chi connectivity index (χ1) is 15.8. The lowest BCUT2D eigenvalue weighted by Gasteiger charge is -2.42. The predicted molar refractivity (Wildman–Crippen MR) is 124 cm³/mol. The van der Waals surface area contributed by atoms with Gasteiger partial charge < -0.3 is 9.84 Å². The number of anilines is 2. The summed E-state index contributed by atoms with van der Waals surface area (Å²) in [5.41, 5.74) is -2.87. The quantitative estimate of drug-likeness (QED) is 0.412. The Kier molecular flexibility index (Phi) is 5.96. The van der Waals surface area contributed by atoms with E-state index in [0.29, 0.717) is 15.7 Å². The number of aliphatic hydroxyl groups is 1. The van der Waals surface area contributed by atoms with Gasteiger partial charge in [0, 0.05) is 21.3 Å². The van der Waals surface area contributed by atoms with Gasteiger partial charge in [-0.3, -0.25) is 9.80 Å². The molecule has 5 nitrogen and oxygen atoms in total. The highest BCUT2D eigenvalue weighted by atomic mass is 35.5. The van der Waals surface area contributed by atoms with Crippen molar-refractivity contribution < 1.29 is 27.8 Å². The van der Waals surface area contributed by atoms with E-state index in [1.807, 2.05) is 0 Å². The molecule has 10 heteroatoms. The van der Waals surface area contributed by atoms with E-state index in [-0.39, 0.29) is 11.3 Å². The van der Waals surface area contributed by atoms with E-state index in [9.17, 15) is 23.1 Å². The monoisotopic (exact) mass is 510 g/mol. The van der Waals surface area contributed by atoms with E-state index >= 15 is 0 Å². The average Bonchev–Trinajstić information content (AvgIpc) is 2.89. The molecule has 34 heavy (non-hydrogen) atoms. The number of rotatable bonds is 4. The molecule has 1 fully saturated rings. The van der Waals surface area contributed by atoms with Gasteiger partial charge >= 0.3 is 12.4 Å². The molecular weight excluding hydrogens is 492 g/mol. The van der Waals surface area contributed by atoms with Gasteiger partial charge in [0.05, 0.1) is 11.2 Å². The molecule has 0 saturated carbocycles. The summed E-state index contributed by atoms with van der Waals surface area (Å²) in [6.07, 6.45) is -4.93. The molecule has 3 aromatic rings. The minimum atomic E-state index is -4.93. The number of nitrogens with zero attached hydrogens (tertiary/aromatic N) is 2. The van der Waals surface area contributed by atoms with Crippen LogP contribution in [-0.2, 0) is 5.72 Å². The molecule has 2 amide bonds. The summed E-state index contributed by atoms with van der Waals surface area (Å²) in [4.78, 5) is 16.3. The van der Waals surface area contributed by atoms with Crippen LogP contribution in [0.1, 0.15) is 19.4 Å². The molecule has 1 aliphatic rings. The minimum absolute atomic E-state index is 0.0112. The molecule has 0 bridgehead atoms. The number of urea groups is 1. The minimum Gasteiger partial charge on any atom is -0.406 e. The summed E-state index contributed by atoms with van der Waals surface area (Å²) >= 11 is 12.3. The van der Waals surface area contributed by atoms with E-state index in [1.165, 1.54) is 23.1 Å². The van der Waals surface area contributed by atoms with Crippen LogP contribution in [0.2, 0.25) is 10.0 Å². The van der Waals surface area contributed by atoms with Gasteiger partial charge in [-0.05, 0) is 62.4 Å². The van der Waals surface area contributed by atoms with Crippen molar-refractivity contribution >= 4 is 40.6 Å². The van der Waals surface area contributed by atoms with Gasteiger partial charge in [0.15, 0.2) is 5.72 Å². The first-order valence-corrected chi connectivity index (χ1v) is 10.8. The van der Waals surface area contributed by atoms with Crippen LogP contribution < -0.4 is 14.5 Å². The Bertz CT molecular complexity index is 1250. The molecule has 0 radical (unpaired) electrons. The molecule has 1 saturated heterocycles. The zero-order chi connectivity index (χ0) is 24.9. The predicted octanol–water partition coefficient (Wildman–Crippen LogP) is 6.96. The molecule has 1 atom stereocenters. The van der Waals surface area contributed by atoms with Crippen LogP contribution in [0, 0.1) is 0 Å². The van der Waals surface area contributed by atoms with Crippen LogP contribution in [0.3, 0.4) is 0 Å². The summed E-state index contributed by atoms with van der Waals surface area (Å²) < 4.78 is 42.7. The molecule has 1 N–H and O–H groups in total. The Morgan fingerprint density at radius 3 is 1.91 bits per heavy atom. The van der Waals surface area contributed by atoms with Gasteiger partial charge in [-0.25, -0.2) is 4.79 Å². The fourth-order valence-electron chi connectivity index (χ4n) is 4.26. The topological polar surface area (TPSA) is 53.0 Å². The molecule has 0 aliphatic carbocycles. The highest BCUT2D eigenvalue weighted by molar-refractivity contribution is 6.31. The second-order valence-electron chi connectivity index (χ2n) is 8.22. The number of carbonyl (C=O) groups excluding carboxylic acids is 1. The highest BCUT2D eigenvalue weighted by Gasteiger charge is 2.64.